The molecule has 1 rings (SSSR count). The predicted octanol–water partition coefficient (Wildman–Crippen LogP) is 3.23. The first-order valence-electron chi connectivity index (χ1n) is 3.81. The summed E-state index contributed by atoms with van der Waals surface area (Å²) >= 11 is 4.32. The SMILES string of the molecule is CC(C)c1ccccc1.O=CCl. The van der Waals surface area contributed by atoms with Crippen molar-refractivity contribution in [3.8, 4) is 0 Å². The van der Waals surface area contributed by atoms with Gasteiger partial charge in [-0.25, -0.2) is 0 Å². The van der Waals surface area contributed by atoms with Crippen molar-refractivity contribution in [1.29, 1.82) is 0 Å². The minimum atomic E-state index is 0.222. The summed E-state index contributed by atoms with van der Waals surface area (Å²) in [6.45, 7) is 4.41. The topological polar surface area (TPSA) is 17.1 Å². The fourth-order valence-electron chi connectivity index (χ4n) is 0.838. The van der Waals surface area contributed by atoms with Crippen LogP contribution >= 0.6 is 11.6 Å². The maximum atomic E-state index is 8.57. The Morgan fingerprint density at radius 1 is 1.25 bits per heavy atom. The Morgan fingerprint density at radius 3 is 1.92 bits per heavy atom. The molecule has 66 valence electrons. The molecule has 0 unspecified atom stereocenters. The van der Waals surface area contributed by atoms with E-state index in [2.05, 4.69) is 49.7 Å². The summed E-state index contributed by atoms with van der Waals surface area (Å²) in [7, 11) is 0. The predicted molar refractivity (Wildman–Crippen MR) is 53.1 cm³/mol. The molecule has 0 spiro atoms. The summed E-state index contributed by atoms with van der Waals surface area (Å²) in [4.78, 5) is 8.57. The first-order chi connectivity index (χ1) is 5.72. The molecular weight excluding hydrogens is 172 g/mol. The van der Waals surface area contributed by atoms with Crippen LogP contribution in [0, 0.1) is 0 Å². The van der Waals surface area contributed by atoms with E-state index < -0.39 is 0 Å². The van der Waals surface area contributed by atoms with E-state index in [1.807, 2.05) is 6.07 Å². The van der Waals surface area contributed by atoms with Crippen LogP contribution in [0.25, 0.3) is 0 Å². The van der Waals surface area contributed by atoms with Crippen molar-refractivity contribution < 1.29 is 4.79 Å². The minimum Gasteiger partial charge on any atom is -0.285 e. The lowest BCUT2D eigenvalue weighted by Gasteiger charge is -2.01. The highest BCUT2D eigenvalue weighted by Crippen LogP contribution is 2.11. The number of carbonyl (C=O) groups is 1. The van der Waals surface area contributed by atoms with Crippen molar-refractivity contribution in [2.75, 3.05) is 0 Å². The van der Waals surface area contributed by atoms with Crippen molar-refractivity contribution in [2.24, 2.45) is 0 Å². The Hall–Kier alpha value is -0.820. The molecule has 0 fully saturated rings. The second-order valence-corrected chi connectivity index (χ2v) is 2.83. The number of halogens is 1. The van der Waals surface area contributed by atoms with Gasteiger partial charge in [0.15, 0.2) is 0 Å². The highest BCUT2D eigenvalue weighted by Gasteiger charge is 1.93. The maximum absolute atomic E-state index is 8.57. The third-order valence-corrected chi connectivity index (χ3v) is 1.47. The summed E-state index contributed by atoms with van der Waals surface area (Å²) in [6.07, 6.45) is 0. The van der Waals surface area contributed by atoms with Gasteiger partial charge in [0, 0.05) is 0 Å². The number of rotatable bonds is 1. The van der Waals surface area contributed by atoms with Crippen molar-refractivity contribution >= 4 is 17.3 Å². The van der Waals surface area contributed by atoms with E-state index in [1.165, 1.54) is 5.56 Å². The first kappa shape index (κ1) is 11.2. The summed E-state index contributed by atoms with van der Waals surface area (Å²) in [6, 6.07) is 10.5. The Kier molecular flexibility index (Phi) is 6.39. The third kappa shape index (κ3) is 4.91. The summed E-state index contributed by atoms with van der Waals surface area (Å²) in [5, 5.41) is 0. The lowest BCUT2D eigenvalue weighted by atomic mass is 10.0. The maximum Gasteiger partial charge on any atom is 0.208 e. The summed E-state index contributed by atoms with van der Waals surface area (Å²) in [5.74, 6) is 0.881. The molecule has 0 saturated heterocycles. The van der Waals surface area contributed by atoms with Crippen LogP contribution in [0.2, 0.25) is 0 Å². The number of carbonyl (C=O) groups excluding carboxylic acids is 1. The van der Waals surface area contributed by atoms with Gasteiger partial charge in [-0.3, -0.25) is 4.79 Å². The number of hydrogen-bond donors (Lipinski definition) is 0. The molecular formula is C10H13ClO. The monoisotopic (exact) mass is 184 g/mol. The molecule has 0 aliphatic carbocycles. The molecule has 1 nitrogen and oxygen atoms in total. The summed E-state index contributed by atoms with van der Waals surface area (Å²) in [5.41, 5.74) is 1.41. The van der Waals surface area contributed by atoms with E-state index >= 15 is 0 Å². The highest BCUT2D eigenvalue weighted by molar-refractivity contribution is 6.54. The Balaban J connectivity index is 0.000000354. The molecule has 1 aromatic carbocycles. The average Bonchev–Trinajstić information content (AvgIpc) is 2.07. The van der Waals surface area contributed by atoms with Gasteiger partial charge in [-0.2, -0.15) is 0 Å². The van der Waals surface area contributed by atoms with Gasteiger partial charge < -0.3 is 0 Å². The van der Waals surface area contributed by atoms with Crippen LogP contribution in [0.1, 0.15) is 25.3 Å². The van der Waals surface area contributed by atoms with Crippen LogP contribution in [0.15, 0.2) is 30.3 Å². The van der Waals surface area contributed by atoms with Gasteiger partial charge >= 0.3 is 0 Å². The molecule has 12 heavy (non-hydrogen) atoms. The van der Waals surface area contributed by atoms with Gasteiger partial charge in [-0.05, 0) is 23.1 Å². The van der Waals surface area contributed by atoms with E-state index in [1.54, 1.807) is 0 Å². The van der Waals surface area contributed by atoms with Gasteiger partial charge in [0.2, 0.25) is 5.75 Å². The van der Waals surface area contributed by atoms with Crippen LogP contribution in [-0.4, -0.2) is 5.75 Å². The minimum absolute atomic E-state index is 0.222. The second kappa shape index (κ2) is 6.86. The fraction of sp³-hybridized carbons (Fsp3) is 0.300. The first-order valence-corrected chi connectivity index (χ1v) is 4.24. The van der Waals surface area contributed by atoms with E-state index in [0.29, 0.717) is 5.92 Å². The average molecular weight is 185 g/mol. The fourth-order valence-corrected chi connectivity index (χ4v) is 0.838. The van der Waals surface area contributed by atoms with Crippen molar-refractivity contribution in [2.45, 2.75) is 19.8 Å². The molecule has 0 bridgehead atoms. The lowest BCUT2D eigenvalue weighted by Crippen LogP contribution is -1.83. The van der Waals surface area contributed by atoms with Gasteiger partial charge in [-0.1, -0.05) is 44.2 Å². The van der Waals surface area contributed by atoms with Crippen LogP contribution < -0.4 is 0 Å². The van der Waals surface area contributed by atoms with Gasteiger partial charge in [0.25, 0.3) is 0 Å². The number of hydrogen-bond acceptors (Lipinski definition) is 1. The molecule has 0 N–H and O–H groups in total. The van der Waals surface area contributed by atoms with Gasteiger partial charge in [-0.15, -0.1) is 0 Å². The van der Waals surface area contributed by atoms with Crippen LogP contribution in [0.5, 0.6) is 0 Å². The largest absolute Gasteiger partial charge is 0.285 e. The van der Waals surface area contributed by atoms with Crippen LogP contribution in [-0.2, 0) is 4.79 Å². The van der Waals surface area contributed by atoms with Crippen LogP contribution in [0.3, 0.4) is 0 Å². The van der Waals surface area contributed by atoms with E-state index in [0.717, 1.165) is 0 Å². The number of benzene rings is 1. The van der Waals surface area contributed by atoms with Gasteiger partial charge in [0.1, 0.15) is 0 Å². The molecule has 0 aliphatic heterocycles. The van der Waals surface area contributed by atoms with E-state index in [4.69, 9.17) is 4.79 Å². The highest BCUT2D eigenvalue weighted by atomic mass is 35.5. The Labute approximate surface area is 78.4 Å². The molecule has 0 aliphatic rings. The third-order valence-electron chi connectivity index (χ3n) is 1.47. The Morgan fingerprint density at radius 2 is 1.67 bits per heavy atom. The second-order valence-electron chi connectivity index (χ2n) is 2.65. The van der Waals surface area contributed by atoms with E-state index in [9.17, 15) is 0 Å². The molecule has 0 atom stereocenters. The quantitative estimate of drug-likeness (QED) is 0.484. The van der Waals surface area contributed by atoms with Crippen LogP contribution in [0.4, 0.5) is 0 Å². The zero-order valence-electron chi connectivity index (χ0n) is 7.33. The smallest absolute Gasteiger partial charge is 0.208 e. The molecule has 0 saturated carbocycles. The molecule has 0 amide bonds. The lowest BCUT2D eigenvalue weighted by molar-refractivity contribution is 0.569. The Bertz CT molecular complexity index is 206. The molecule has 1 aromatic rings. The van der Waals surface area contributed by atoms with Gasteiger partial charge in [0.05, 0.1) is 0 Å². The molecule has 0 aromatic heterocycles. The van der Waals surface area contributed by atoms with E-state index in [-0.39, 0.29) is 5.75 Å². The summed E-state index contributed by atoms with van der Waals surface area (Å²) < 4.78 is 0. The zero-order chi connectivity index (χ0) is 9.40. The molecule has 0 heterocycles. The van der Waals surface area contributed by atoms with Crippen molar-refractivity contribution in [1.82, 2.24) is 0 Å². The molecule has 0 radical (unpaired) electrons. The van der Waals surface area contributed by atoms with Crippen molar-refractivity contribution in [3.05, 3.63) is 35.9 Å². The zero-order valence-corrected chi connectivity index (χ0v) is 8.08. The standard InChI is InChI=1S/C9H12.CHClO/c1-8(2)9-6-4-3-5-7-9;2-1-3/h3-8H,1-2H3;1H. The molecule has 2 heteroatoms. The normalized spacial score (nSPS) is 8.67. The van der Waals surface area contributed by atoms with Crippen molar-refractivity contribution in [3.63, 3.8) is 0 Å².